The van der Waals surface area contributed by atoms with Crippen LogP contribution in [-0.2, 0) is 19.6 Å². The molecule has 1 amide bonds. The Morgan fingerprint density at radius 3 is 2.63 bits per heavy atom. The minimum atomic E-state index is -3.31. The van der Waals surface area contributed by atoms with Gasteiger partial charge in [0.05, 0.1) is 22.0 Å². The second-order valence-electron chi connectivity index (χ2n) is 9.10. The van der Waals surface area contributed by atoms with Crippen molar-refractivity contribution < 1.29 is 17.9 Å². The number of aromatic nitrogens is 2. The van der Waals surface area contributed by atoms with Gasteiger partial charge in [-0.25, -0.2) is 23.1 Å². The third-order valence-corrected chi connectivity index (χ3v) is 7.67. The van der Waals surface area contributed by atoms with E-state index < -0.39 is 10.0 Å². The molecule has 0 bridgehead atoms. The highest BCUT2D eigenvalue weighted by Crippen LogP contribution is 2.34. The third-order valence-electron chi connectivity index (χ3n) is 6.30. The first-order chi connectivity index (χ1) is 16.7. The van der Waals surface area contributed by atoms with Gasteiger partial charge in [0, 0.05) is 43.5 Å². The van der Waals surface area contributed by atoms with E-state index >= 15 is 0 Å². The Balaban J connectivity index is 1.45. The zero-order valence-corrected chi connectivity index (χ0v) is 21.7. The number of pyridine rings is 2. The number of anilines is 2. The topological polar surface area (TPSA) is 122 Å². The smallest absolute Gasteiger partial charge is 0.228 e. The van der Waals surface area contributed by atoms with Gasteiger partial charge in [0.25, 0.3) is 0 Å². The third kappa shape index (κ3) is 7.27. The SMILES string of the molecule is CS(=O)(=O)N[C@@H]1CC[C@H](C(=O)Nc2cc(-c3nc(NCC4CCOCC4)ccc3Cl)c(Cl)cn2)C1. The average Bonchev–Trinajstić information content (AvgIpc) is 3.27. The van der Waals surface area contributed by atoms with Gasteiger partial charge >= 0.3 is 0 Å². The summed E-state index contributed by atoms with van der Waals surface area (Å²) in [7, 11) is -3.31. The van der Waals surface area contributed by atoms with Gasteiger partial charge in [-0.1, -0.05) is 23.2 Å². The first-order valence-corrected chi connectivity index (χ1v) is 14.2. The Labute approximate surface area is 215 Å². The van der Waals surface area contributed by atoms with Crippen LogP contribution in [0.25, 0.3) is 11.3 Å². The van der Waals surface area contributed by atoms with Crippen LogP contribution in [0.3, 0.4) is 0 Å². The minimum Gasteiger partial charge on any atom is -0.381 e. The molecule has 0 aromatic carbocycles. The van der Waals surface area contributed by atoms with Crippen molar-refractivity contribution in [3.8, 4) is 11.3 Å². The van der Waals surface area contributed by atoms with E-state index in [0.717, 1.165) is 38.9 Å². The Morgan fingerprint density at radius 1 is 1.11 bits per heavy atom. The summed E-state index contributed by atoms with van der Waals surface area (Å²) >= 11 is 12.9. The van der Waals surface area contributed by atoms with Gasteiger partial charge < -0.3 is 15.4 Å². The molecule has 190 valence electrons. The minimum absolute atomic E-state index is 0.213. The summed E-state index contributed by atoms with van der Waals surface area (Å²) in [5.74, 6) is 1.01. The summed E-state index contributed by atoms with van der Waals surface area (Å²) in [4.78, 5) is 21.7. The highest BCUT2D eigenvalue weighted by Gasteiger charge is 2.31. The van der Waals surface area contributed by atoms with Gasteiger partial charge in [-0.15, -0.1) is 0 Å². The van der Waals surface area contributed by atoms with Crippen molar-refractivity contribution in [1.82, 2.24) is 14.7 Å². The normalized spacial score (nSPS) is 21.1. The van der Waals surface area contributed by atoms with E-state index in [-0.39, 0.29) is 17.9 Å². The maximum atomic E-state index is 12.8. The summed E-state index contributed by atoms with van der Waals surface area (Å²) in [5.41, 5.74) is 1.05. The lowest BCUT2D eigenvalue weighted by atomic mass is 10.0. The molecule has 35 heavy (non-hydrogen) atoms. The molecule has 2 atom stereocenters. The van der Waals surface area contributed by atoms with Gasteiger partial charge in [0.15, 0.2) is 0 Å². The van der Waals surface area contributed by atoms with E-state index in [1.165, 1.54) is 6.20 Å². The van der Waals surface area contributed by atoms with Crippen LogP contribution in [0.1, 0.15) is 32.1 Å². The van der Waals surface area contributed by atoms with E-state index in [1.54, 1.807) is 12.1 Å². The lowest BCUT2D eigenvalue weighted by Gasteiger charge is -2.22. The zero-order valence-electron chi connectivity index (χ0n) is 19.4. The number of amides is 1. The number of rotatable bonds is 8. The standard InChI is InChI=1S/C23H29Cl2N5O4S/c1-35(32,33)30-16-3-2-15(10-16)23(31)29-21-11-17(19(25)13-27-21)22-18(24)4-5-20(28-22)26-12-14-6-8-34-9-7-14/h4-5,11,13-16,30H,2-3,6-10,12H2,1H3,(H,26,28)(H,27,29,31)/t15-,16+/m0/s1. The van der Waals surface area contributed by atoms with Gasteiger partial charge in [0.1, 0.15) is 11.6 Å². The van der Waals surface area contributed by atoms with Crippen molar-refractivity contribution in [3.63, 3.8) is 0 Å². The Hall–Kier alpha value is -1.98. The first kappa shape index (κ1) is 26.1. The number of hydrogen-bond donors (Lipinski definition) is 3. The highest BCUT2D eigenvalue weighted by molar-refractivity contribution is 7.88. The van der Waals surface area contributed by atoms with Crippen molar-refractivity contribution in [2.75, 3.05) is 36.6 Å². The van der Waals surface area contributed by atoms with Gasteiger partial charge in [-0.3, -0.25) is 4.79 Å². The van der Waals surface area contributed by atoms with Crippen LogP contribution >= 0.6 is 23.2 Å². The number of halogens is 2. The van der Waals surface area contributed by atoms with E-state index in [9.17, 15) is 13.2 Å². The number of carbonyl (C=O) groups is 1. The summed E-state index contributed by atoms with van der Waals surface area (Å²) in [5, 5.41) is 6.98. The average molecular weight is 542 g/mol. The van der Waals surface area contributed by atoms with E-state index in [0.29, 0.717) is 58.1 Å². The lowest BCUT2D eigenvalue weighted by Crippen LogP contribution is -2.32. The fraction of sp³-hybridized carbons (Fsp3) is 0.522. The second-order valence-corrected chi connectivity index (χ2v) is 11.7. The maximum Gasteiger partial charge on any atom is 0.228 e. The molecule has 1 aliphatic carbocycles. The van der Waals surface area contributed by atoms with E-state index in [1.807, 2.05) is 6.07 Å². The predicted octanol–water partition coefficient (Wildman–Crippen LogP) is 3.95. The van der Waals surface area contributed by atoms with Crippen LogP contribution in [0.2, 0.25) is 10.0 Å². The Morgan fingerprint density at radius 2 is 1.89 bits per heavy atom. The molecule has 2 aromatic rings. The number of hydrogen-bond acceptors (Lipinski definition) is 7. The van der Waals surface area contributed by atoms with Gasteiger partial charge in [-0.05, 0) is 56.2 Å². The molecular weight excluding hydrogens is 513 g/mol. The maximum absolute atomic E-state index is 12.8. The van der Waals surface area contributed by atoms with E-state index in [4.69, 9.17) is 27.9 Å². The van der Waals surface area contributed by atoms with Crippen LogP contribution in [0, 0.1) is 11.8 Å². The van der Waals surface area contributed by atoms with Gasteiger partial charge in [0.2, 0.25) is 15.9 Å². The monoisotopic (exact) mass is 541 g/mol. The number of ether oxygens (including phenoxy) is 1. The lowest BCUT2D eigenvalue weighted by molar-refractivity contribution is -0.119. The van der Waals surface area contributed by atoms with Crippen molar-refractivity contribution in [1.29, 1.82) is 0 Å². The molecule has 1 saturated carbocycles. The molecule has 4 rings (SSSR count). The zero-order chi connectivity index (χ0) is 25.0. The molecule has 3 N–H and O–H groups in total. The Kier molecular flexibility index (Phi) is 8.49. The second kappa shape index (κ2) is 11.4. The van der Waals surface area contributed by atoms with Crippen molar-refractivity contribution in [2.24, 2.45) is 11.8 Å². The molecule has 0 spiro atoms. The molecular formula is C23H29Cl2N5O4S. The number of nitrogens with zero attached hydrogens (tertiary/aromatic N) is 2. The highest BCUT2D eigenvalue weighted by atomic mass is 35.5. The number of sulfonamides is 1. The molecule has 2 aliphatic rings. The number of carbonyl (C=O) groups excluding carboxylic acids is 1. The fourth-order valence-electron chi connectivity index (χ4n) is 4.48. The van der Waals surface area contributed by atoms with Crippen LogP contribution < -0.4 is 15.4 Å². The summed E-state index contributed by atoms with van der Waals surface area (Å²) in [6.45, 7) is 2.35. The Bertz CT molecular complexity index is 1170. The van der Waals surface area contributed by atoms with E-state index in [2.05, 4.69) is 25.3 Å². The number of nitrogens with one attached hydrogen (secondary N) is 3. The molecule has 3 heterocycles. The van der Waals surface area contributed by atoms with Crippen molar-refractivity contribution >= 4 is 50.8 Å². The summed E-state index contributed by atoms with van der Waals surface area (Å²) < 4.78 is 30.9. The van der Waals surface area contributed by atoms with Crippen LogP contribution in [0.15, 0.2) is 24.4 Å². The van der Waals surface area contributed by atoms with Crippen molar-refractivity contribution in [2.45, 2.75) is 38.1 Å². The van der Waals surface area contributed by atoms with Crippen LogP contribution in [0.4, 0.5) is 11.6 Å². The largest absolute Gasteiger partial charge is 0.381 e. The molecule has 2 fully saturated rings. The van der Waals surface area contributed by atoms with Crippen LogP contribution in [0.5, 0.6) is 0 Å². The predicted molar refractivity (Wildman–Crippen MR) is 137 cm³/mol. The molecule has 9 nitrogen and oxygen atoms in total. The molecule has 1 aliphatic heterocycles. The summed E-state index contributed by atoms with van der Waals surface area (Å²) in [6.07, 6.45) is 6.24. The molecule has 0 radical (unpaired) electrons. The van der Waals surface area contributed by atoms with Gasteiger partial charge in [-0.2, -0.15) is 0 Å². The molecule has 0 unspecified atom stereocenters. The molecule has 2 aromatic heterocycles. The van der Waals surface area contributed by atoms with Crippen LogP contribution in [-0.4, -0.2) is 56.3 Å². The molecule has 1 saturated heterocycles. The van der Waals surface area contributed by atoms with Crippen molar-refractivity contribution in [3.05, 3.63) is 34.4 Å². The first-order valence-electron chi connectivity index (χ1n) is 11.6. The quantitative estimate of drug-likeness (QED) is 0.462. The summed E-state index contributed by atoms with van der Waals surface area (Å²) in [6, 6.07) is 4.99. The molecule has 12 heteroatoms. The fourth-order valence-corrected chi connectivity index (χ4v) is 5.69.